The summed E-state index contributed by atoms with van der Waals surface area (Å²) in [5, 5.41) is 6.16. The molecule has 166 valence electrons. The molecule has 4 nitrogen and oxygen atoms in total. The molecule has 1 aliphatic carbocycles. The number of hydrogen-bond donors (Lipinski definition) is 1. The maximum atomic E-state index is 13.0. The van der Waals surface area contributed by atoms with Crippen LogP contribution in [-0.4, -0.2) is 18.0 Å². The highest BCUT2D eigenvalue weighted by Crippen LogP contribution is 2.49. The van der Waals surface area contributed by atoms with Gasteiger partial charge in [-0.2, -0.15) is 0 Å². The molecule has 6 heteroatoms. The molecule has 4 rings (SSSR count). The van der Waals surface area contributed by atoms with Gasteiger partial charge >= 0.3 is 5.97 Å². The number of nitrogens with one attached hydrogen (secondary N) is 1. The van der Waals surface area contributed by atoms with E-state index in [0.717, 1.165) is 34.2 Å². The van der Waals surface area contributed by atoms with Gasteiger partial charge in [-0.15, -0.1) is 11.3 Å². The van der Waals surface area contributed by atoms with E-state index in [9.17, 15) is 9.59 Å². The first-order chi connectivity index (χ1) is 15.2. The third kappa shape index (κ3) is 4.74. The lowest BCUT2D eigenvalue weighted by Crippen LogP contribution is -2.18. The third-order valence-corrected chi connectivity index (χ3v) is 6.82. The van der Waals surface area contributed by atoms with E-state index < -0.39 is 5.97 Å². The number of rotatable bonds is 6. The molecule has 3 aromatic rings. The molecule has 0 saturated heterocycles. The molecular weight excluding hydrogens is 442 g/mol. The normalized spacial score (nSPS) is 17.3. The zero-order chi connectivity index (χ0) is 23.0. The number of esters is 1. The Morgan fingerprint density at radius 3 is 2.47 bits per heavy atom. The van der Waals surface area contributed by atoms with Gasteiger partial charge in [-0.05, 0) is 68.9 Å². The number of carbonyl (C=O) groups is 2. The van der Waals surface area contributed by atoms with Crippen molar-refractivity contribution in [2.75, 3.05) is 5.32 Å². The predicted octanol–water partition coefficient (Wildman–Crippen LogP) is 6.99. The summed E-state index contributed by atoms with van der Waals surface area (Å²) in [6.45, 7) is 7.70. The molecule has 0 spiro atoms. The van der Waals surface area contributed by atoms with Crippen LogP contribution in [-0.2, 0) is 9.53 Å². The SMILES string of the molecule is Cc1ccc(-c2csc(NC(=O)[C@H]3C[C@H]3c3ccc(Cl)cc3)c2C(=O)OC(C)C)c(C)c1. The predicted molar refractivity (Wildman–Crippen MR) is 131 cm³/mol. The van der Waals surface area contributed by atoms with Gasteiger partial charge in [-0.3, -0.25) is 4.79 Å². The van der Waals surface area contributed by atoms with Crippen LogP contribution in [0.15, 0.2) is 47.8 Å². The number of thiophene rings is 1. The Morgan fingerprint density at radius 2 is 1.81 bits per heavy atom. The van der Waals surface area contributed by atoms with E-state index >= 15 is 0 Å². The molecule has 1 fully saturated rings. The summed E-state index contributed by atoms with van der Waals surface area (Å²) >= 11 is 7.34. The van der Waals surface area contributed by atoms with Crippen molar-refractivity contribution in [3.8, 4) is 11.1 Å². The van der Waals surface area contributed by atoms with Crippen molar-refractivity contribution in [1.29, 1.82) is 0 Å². The van der Waals surface area contributed by atoms with E-state index in [4.69, 9.17) is 16.3 Å². The van der Waals surface area contributed by atoms with E-state index in [1.54, 1.807) is 0 Å². The highest BCUT2D eigenvalue weighted by Gasteiger charge is 2.44. The van der Waals surface area contributed by atoms with E-state index in [0.29, 0.717) is 15.6 Å². The molecule has 1 saturated carbocycles. The lowest BCUT2D eigenvalue weighted by molar-refractivity contribution is -0.117. The minimum atomic E-state index is -0.420. The summed E-state index contributed by atoms with van der Waals surface area (Å²) in [5.74, 6) is -0.428. The van der Waals surface area contributed by atoms with E-state index in [1.807, 2.05) is 69.5 Å². The second-order valence-corrected chi connectivity index (χ2v) is 9.93. The number of ether oxygens (including phenoxy) is 1. The first-order valence-electron chi connectivity index (χ1n) is 10.7. The molecule has 0 radical (unpaired) electrons. The van der Waals surface area contributed by atoms with Crippen LogP contribution in [0.4, 0.5) is 5.00 Å². The van der Waals surface area contributed by atoms with Crippen molar-refractivity contribution in [1.82, 2.24) is 0 Å². The molecular formula is C26H26ClNO3S. The van der Waals surface area contributed by atoms with Crippen LogP contribution in [0.5, 0.6) is 0 Å². The fourth-order valence-corrected chi connectivity index (χ4v) is 5.08. The van der Waals surface area contributed by atoms with Gasteiger partial charge in [-0.25, -0.2) is 4.79 Å². The van der Waals surface area contributed by atoms with Crippen molar-refractivity contribution in [3.63, 3.8) is 0 Å². The molecule has 2 aromatic carbocycles. The molecule has 32 heavy (non-hydrogen) atoms. The van der Waals surface area contributed by atoms with E-state index in [2.05, 4.69) is 11.4 Å². The molecule has 1 aliphatic rings. The lowest BCUT2D eigenvalue weighted by atomic mass is 9.97. The molecule has 1 amide bonds. The zero-order valence-electron chi connectivity index (χ0n) is 18.6. The lowest BCUT2D eigenvalue weighted by Gasteiger charge is -2.13. The number of hydrogen-bond acceptors (Lipinski definition) is 4. The van der Waals surface area contributed by atoms with Gasteiger partial charge in [-0.1, -0.05) is 47.5 Å². The standard InChI is InChI=1S/C26H26ClNO3S/c1-14(2)31-26(30)23-22(19-10-5-15(3)11-16(19)4)13-32-25(23)28-24(29)21-12-20(21)17-6-8-18(27)9-7-17/h5-11,13-14,20-21H,12H2,1-4H3,(H,28,29)/t20-,21-/m0/s1. The Labute approximate surface area is 197 Å². The van der Waals surface area contributed by atoms with Gasteiger partial charge in [0, 0.05) is 21.9 Å². The quantitative estimate of drug-likeness (QED) is 0.397. The number of aryl methyl sites for hydroxylation is 2. The van der Waals surface area contributed by atoms with Gasteiger partial charge in [0.2, 0.25) is 5.91 Å². The summed E-state index contributed by atoms with van der Waals surface area (Å²) in [6.07, 6.45) is 0.532. The summed E-state index contributed by atoms with van der Waals surface area (Å²) in [4.78, 5) is 26.0. The van der Waals surface area contributed by atoms with E-state index in [-0.39, 0.29) is 23.8 Å². The van der Waals surface area contributed by atoms with Crippen molar-refractivity contribution >= 4 is 39.8 Å². The summed E-state index contributed by atoms with van der Waals surface area (Å²) < 4.78 is 5.52. The number of benzene rings is 2. The first-order valence-corrected chi connectivity index (χ1v) is 12.0. The van der Waals surface area contributed by atoms with Crippen LogP contribution < -0.4 is 5.32 Å². The van der Waals surface area contributed by atoms with Crippen LogP contribution >= 0.6 is 22.9 Å². The molecule has 0 aliphatic heterocycles. The Balaban J connectivity index is 1.61. The zero-order valence-corrected chi connectivity index (χ0v) is 20.1. The van der Waals surface area contributed by atoms with Gasteiger partial charge in [0.15, 0.2) is 0 Å². The molecule has 1 aromatic heterocycles. The smallest absolute Gasteiger partial charge is 0.342 e. The van der Waals surface area contributed by atoms with Crippen LogP contribution in [0.25, 0.3) is 11.1 Å². The highest BCUT2D eigenvalue weighted by atomic mass is 35.5. The fourth-order valence-electron chi connectivity index (χ4n) is 4.01. The average molecular weight is 468 g/mol. The van der Waals surface area contributed by atoms with Crippen molar-refractivity contribution < 1.29 is 14.3 Å². The fraction of sp³-hybridized carbons (Fsp3) is 0.308. The Kier molecular flexibility index (Phi) is 6.40. The van der Waals surface area contributed by atoms with Crippen molar-refractivity contribution in [2.24, 2.45) is 5.92 Å². The monoisotopic (exact) mass is 467 g/mol. The topological polar surface area (TPSA) is 55.4 Å². The number of halogens is 1. The molecule has 0 bridgehead atoms. The van der Waals surface area contributed by atoms with Crippen molar-refractivity contribution in [3.05, 3.63) is 75.1 Å². The number of carbonyl (C=O) groups excluding carboxylic acids is 2. The highest BCUT2D eigenvalue weighted by molar-refractivity contribution is 7.15. The maximum absolute atomic E-state index is 13.0. The summed E-state index contributed by atoms with van der Waals surface area (Å²) in [5.41, 5.74) is 5.52. The first kappa shape index (κ1) is 22.6. The number of anilines is 1. The second kappa shape index (κ2) is 9.08. The van der Waals surface area contributed by atoms with Gasteiger partial charge < -0.3 is 10.1 Å². The van der Waals surface area contributed by atoms with Crippen LogP contribution in [0.1, 0.15) is 53.2 Å². The third-order valence-electron chi connectivity index (χ3n) is 5.67. The van der Waals surface area contributed by atoms with Crippen molar-refractivity contribution in [2.45, 2.75) is 46.1 Å². The van der Waals surface area contributed by atoms with Crippen LogP contribution in [0, 0.1) is 19.8 Å². The van der Waals surface area contributed by atoms with Crippen LogP contribution in [0.3, 0.4) is 0 Å². The summed E-state index contributed by atoms with van der Waals surface area (Å²) in [7, 11) is 0. The Hall–Kier alpha value is -2.63. The van der Waals surface area contributed by atoms with Gasteiger partial charge in [0.25, 0.3) is 0 Å². The molecule has 1 heterocycles. The van der Waals surface area contributed by atoms with E-state index in [1.165, 1.54) is 11.3 Å². The maximum Gasteiger partial charge on any atom is 0.342 e. The van der Waals surface area contributed by atoms with Gasteiger partial charge in [0.05, 0.1) is 6.10 Å². The molecule has 2 atom stereocenters. The minimum Gasteiger partial charge on any atom is -0.459 e. The Bertz CT molecular complexity index is 1170. The summed E-state index contributed by atoms with van der Waals surface area (Å²) in [6, 6.07) is 13.8. The van der Waals surface area contributed by atoms with Crippen LogP contribution in [0.2, 0.25) is 5.02 Å². The Morgan fingerprint density at radius 1 is 1.09 bits per heavy atom. The number of amides is 1. The minimum absolute atomic E-state index is 0.0717. The molecule has 0 unspecified atom stereocenters. The average Bonchev–Trinajstić information content (AvgIpc) is 3.42. The second-order valence-electron chi connectivity index (χ2n) is 8.62. The largest absolute Gasteiger partial charge is 0.459 e. The molecule has 1 N–H and O–H groups in total. The van der Waals surface area contributed by atoms with Gasteiger partial charge in [0.1, 0.15) is 10.6 Å².